The first-order valence-electron chi connectivity index (χ1n) is 8.88. The lowest BCUT2D eigenvalue weighted by atomic mass is 9.96. The standard InChI is InChI=1S/C21H30BrNO2Si/c1-21(2,3)26(5,6)25-20(16-7-11-17(22)12-8-16)19(23)15-9-13-18(24-4)14-10-15/h7-14,19-20H,23H2,1-6H3/t19-,20+/m0/s1. The zero-order chi connectivity index (χ0) is 19.5. The molecule has 0 fully saturated rings. The van der Waals surface area contributed by atoms with E-state index in [1.165, 1.54) is 0 Å². The fourth-order valence-corrected chi connectivity index (χ4v) is 4.03. The number of rotatable bonds is 6. The molecule has 0 heterocycles. The smallest absolute Gasteiger partial charge is 0.193 e. The van der Waals surface area contributed by atoms with Crippen molar-refractivity contribution in [2.45, 2.75) is 51.0 Å². The SMILES string of the molecule is COc1ccc([C@H](N)[C@H](O[Si](C)(C)C(C)(C)C)c2ccc(Br)cc2)cc1. The van der Waals surface area contributed by atoms with Crippen molar-refractivity contribution in [1.29, 1.82) is 0 Å². The van der Waals surface area contributed by atoms with Crippen LogP contribution in [0.15, 0.2) is 53.0 Å². The van der Waals surface area contributed by atoms with Crippen LogP contribution in [0.5, 0.6) is 5.75 Å². The first kappa shape index (κ1) is 21.2. The second kappa shape index (κ2) is 8.25. The van der Waals surface area contributed by atoms with Gasteiger partial charge in [0.25, 0.3) is 0 Å². The molecule has 0 aromatic heterocycles. The van der Waals surface area contributed by atoms with Crippen LogP contribution in [0, 0.1) is 0 Å². The summed E-state index contributed by atoms with van der Waals surface area (Å²) in [7, 11) is -0.327. The molecule has 26 heavy (non-hydrogen) atoms. The summed E-state index contributed by atoms with van der Waals surface area (Å²) in [6.07, 6.45) is -0.197. The molecular weight excluding hydrogens is 406 g/mol. The number of benzene rings is 2. The van der Waals surface area contributed by atoms with Crippen molar-refractivity contribution in [1.82, 2.24) is 0 Å². The molecule has 5 heteroatoms. The van der Waals surface area contributed by atoms with Gasteiger partial charge in [-0.15, -0.1) is 0 Å². The highest BCUT2D eigenvalue weighted by Gasteiger charge is 2.41. The van der Waals surface area contributed by atoms with Gasteiger partial charge in [0.15, 0.2) is 8.32 Å². The Labute approximate surface area is 167 Å². The Morgan fingerprint density at radius 3 is 1.88 bits per heavy atom. The van der Waals surface area contributed by atoms with E-state index in [4.69, 9.17) is 14.9 Å². The first-order chi connectivity index (χ1) is 12.0. The maximum atomic E-state index is 6.77. The Balaban J connectivity index is 2.40. The first-order valence-corrected chi connectivity index (χ1v) is 12.6. The fourth-order valence-electron chi connectivity index (χ4n) is 2.50. The molecule has 0 saturated heterocycles. The molecule has 3 nitrogen and oxygen atoms in total. The fraction of sp³-hybridized carbons (Fsp3) is 0.429. The predicted octanol–water partition coefficient (Wildman–Crippen LogP) is 6.22. The molecule has 0 aliphatic rings. The van der Waals surface area contributed by atoms with Crippen LogP contribution in [0.1, 0.15) is 44.0 Å². The maximum absolute atomic E-state index is 6.77. The Bertz CT molecular complexity index is 708. The van der Waals surface area contributed by atoms with Gasteiger partial charge in [-0.2, -0.15) is 0 Å². The lowest BCUT2D eigenvalue weighted by Crippen LogP contribution is -2.43. The average molecular weight is 436 g/mol. The van der Waals surface area contributed by atoms with Crippen molar-refractivity contribution in [2.24, 2.45) is 5.73 Å². The molecule has 0 aliphatic heterocycles. The van der Waals surface area contributed by atoms with Gasteiger partial charge in [0, 0.05) is 4.47 Å². The summed E-state index contributed by atoms with van der Waals surface area (Å²) in [5.41, 5.74) is 8.83. The Morgan fingerprint density at radius 1 is 0.923 bits per heavy atom. The molecular formula is C21H30BrNO2Si. The van der Waals surface area contributed by atoms with Crippen molar-refractivity contribution in [3.63, 3.8) is 0 Å². The minimum atomic E-state index is -1.99. The Hall–Kier alpha value is -1.14. The number of ether oxygens (including phenoxy) is 1. The number of halogens is 1. The molecule has 0 radical (unpaired) electrons. The summed E-state index contributed by atoms with van der Waals surface area (Å²) < 4.78 is 13.1. The lowest BCUT2D eigenvalue weighted by Gasteiger charge is -2.41. The van der Waals surface area contributed by atoms with Crippen molar-refractivity contribution in [2.75, 3.05) is 7.11 Å². The molecule has 2 rings (SSSR count). The van der Waals surface area contributed by atoms with Gasteiger partial charge in [0.05, 0.1) is 19.3 Å². The van der Waals surface area contributed by atoms with Crippen molar-refractivity contribution in [3.05, 3.63) is 64.1 Å². The highest BCUT2D eigenvalue weighted by atomic mass is 79.9. The highest BCUT2D eigenvalue weighted by molar-refractivity contribution is 9.10. The van der Waals surface area contributed by atoms with Gasteiger partial charge >= 0.3 is 0 Å². The van der Waals surface area contributed by atoms with Crippen molar-refractivity contribution < 1.29 is 9.16 Å². The van der Waals surface area contributed by atoms with Crippen molar-refractivity contribution in [3.8, 4) is 5.75 Å². The summed E-state index contributed by atoms with van der Waals surface area (Å²) in [4.78, 5) is 0. The molecule has 142 valence electrons. The van der Waals surface area contributed by atoms with Gasteiger partial charge in [-0.3, -0.25) is 0 Å². The van der Waals surface area contributed by atoms with E-state index in [2.05, 4.69) is 61.9 Å². The second-order valence-electron chi connectivity index (χ2n) is 8.15. The second-order valence-corrected chi connectivity index (χ2v) is 13.8. The predicted molar refractivity (Wildman–Crippen MR) is 115 cm³/mol. The topological polar surface area (TPSA) is 44.5 Å². The highest BCUT2D eigenvalue weighted by Crippen LogP contribution is 2.42. The third kappa shape index (κ3) is 4.97. The number of nitrogens with two attached hydrogens (primary N) is 1. The van der Waals surface area contributed by atoms with Crippen LogP contribution in [-0.4, -0.2) is 15.4 Å². The summed E-state index contributed by atoms with van der Waals surface area (Å²) in [5, 5.41) is 0.111. The Morgan fingerprint density at radius 2 is 1.42 bits per heavy atom. The molecule has 0 amide bonds. The van der Waals surface area contributed by atoms with E-state index >= 15 is 0 Å². The zero-order valence-electron chi connectivity index (χ0n) is 16.5. The lowest BCUT2D eigenvalue weighted by molar-refractivity contribution is 0.154. The normalized spacial score (nSPS) is 14.8. The summed E-state index contributed by atoms with van der Waals surface area (Å²) in [6.45, 7) is 11.3. The molecule has 2 aromatic rings. The summed E-state index contributed by atoms with van der Waals surface area (Å²) >= 11 is 3.51. The van der Waals surface area contributed by atoms with Crippen LogP contribution in [0.3, 0.4) is 0 Å². The molecule has 2 aromatic carbocycles. The minimum absolute atomic E-state index is 0.111. The van der Waals surface area contributed by atoms with E-state index in [0.717, 1.165) is 21.3 Å². The molecule has 0 aliphatic carbocycles. The monoisotopic (exact) mass is 435 g/mol. The van der Waals surface area contributed by atoms with Crippen LogP contribution >= 0.6 is 15.9 Å². The molecule has 2 atom stereocenters. The van der Waals surface area contributed by atoms with Gasteiger partial charge in [-0.25, -0.2) is 0 Å². The number of hydrogen-bond donors (Lipinski definition) is 1. The van der Waals surface area contributed by atoms with Crippen LogP contribution in [0.4, 0.5) is 0 Å². The van der Waals surface area contributed by atoms with Crippen LogP contribution in [-0.2, 0) is 4.43 Å². The summed E-state index contributed by atoms with van der Waals surface area (Å²) in [5.74, 6) is 0.825. The van der Waals surface area contributed by atoms with E-state index in [-0.39, 0.29) is 17.2 Å². The Kier molecular flexibility index (Phi) is 6.72. The van der Waals surface area contributed by atoms with Gasteiger partial charge < -0.3 is 14.9 Å². The van der Waals surface area contributed by atoms with Crippen LogP contribution in [0.25, 0.3) is 0 Å². The van der Waals surface area contributed by atoms with Gasteiger partial charge in [0.1, 0.15) is 5.75 Å². The van der Waals surface area contributed by atoms with E-state index in [9.17, 15) is 0 Å². The van der Waals surface area contributed by atoms with Gasteiger partial charge in [0.2, 0.25) is 0 Å². The van der Waals surface area contributed by atoms with Gasteiger partial charge in [-0.05, 0) is 53.5 Å². The quantitative estimate of drug-likeness (QED) is 0.547. The minimum Gasteiger partial charge on any atom is -0.497 e. The molecule has 2 N–H and O–H groups in total. The van der Waals surface area contributed by atoms with E-state index in [1.54, 1.807) is 7.11 Å². The zero-order valence-corrected chi connectivity index (χ0v) is 19.1. The maximum Gasteiger partial charge on any atom is 0.193 e. The van der Waals surface area contributed by atoms with E-state index < -0.39 is 8.32 Å². The molecule has 0 unspecified atom stereocenters. The van der Waals surface area contributed by atoms with Crippen LogP contribution < -0.4 is 10.5 Å². The number of hydrogen-bond acceptors (Lipinski definition) is 3. The average Bonchev–Trinajstić information content (AvgIpc) is 2.59. The molecule has 0 bridgehead atoms. The summed E-state index contributed by atoms with van der Waals surface area (Å²) in [6, 6.07) is 15.9. The van der Waals surface area contributed by atoms with Crippen molar-refractivity contribution >= 4 is 24.2 Å². The van der Waals surface area contributed by atoms with Crippen LogP contribution in [0.2, 0.25) is 18.1 Å². The third-order valence-electron chi connectivity index (χ3n) is 5.25. The molecule has 0 spiro atoms. The van der Waals surface area contributed by atoms with E-state index in [0.29, 0.717) is 0 Å². The van der Waals surface area contributed by atoms with Gasteiger partial charge in [-0.1, -0.05) is 61.0 Å². The third-order valence-corrected chi connectivity index (χ3v) is 10.2. The van der Waals surface area contributed by atoms with E-state index in [1.807, 2.05) is 36.4 Å². The molecule has 0 saturated carbocycles. The largest absolute Gasteiger partial charge is 0.497 e. The number of methoxy groups -OCH3 is 1.